The molecule has 6 heteroatoms. The Balaban J connectivity index is 2.05. The summed E-state index contributed by atoms with van der Waals surface area (Å²) < 4.78 is 0. The van der Waals surface area contributed by atoms with Gasteiger partial charge in [0.1, 0.15) is 0 Å². The summed E-state index contributed by atoms with van der Waals surface area (Å²) in [6, 6.07) is 5.20. The van der Waals surface area contributed by atoms with Crippen LogP contribution in [0.3, 0.4) is 0 Å². The Morgan fingerprint density at radius 2 is 2.10 bits per heavy atom. The van der Waals surface area contributed by atoms with Crippen LogP contribution < -0.4 is 4.90 Å². The van der Waals surface area contributed by atoms with E-state index >= 15 is 0 Å². The number of alkyl halides is 1. The van der Waals surface area contributed by atoms with Gasteiger partial charge in [0, 0.05) is 30.9 Å². The second kappa shape index (κ2) is 7.09. The maximum atomic E-state index is 10.9. The minimum absolute atomic E-state index is 0.0986. The fourth-order valence-corrected chi connectivity index (χ4v) is 3.05. The number of nitrogens with zero attached hydrogens (tertiary/aromatic N) is 3. The second-order valence-electron chi connectivity index (χ2n) is 5.83. The molecule has 5 nitrogen and oxygen atoms in total. The molecule has 0 spiro atoms. The molecule has 0 aliphatic carbocycles. The number of anilines is 1. The summed E-state index contributed by atoms with van der Waals surface area (Å²) in [5.41, 5.74) is 1.67. The molecular formula is C15H22ClN3O2. The molecule has 1 aliphatic heterocycles. The third kappa shape index (κ3) is 4.08. The van der Waals surface area contributed by atoms with Crippen molar-refractivity contribution in [1.82, 2.24) is 4.90 Å². The molecule has 0 atom stereocenters. The minimum atomic E-state index is -0.377. The maximum Gasteiger partial charge on any atom is 0.273 e. The number of rotatable bonds is 5. The van der Waals surface area contributed by atoms with E-state index in [0.29, 0.717) is 11.5 Å². The van der Waals surface area contributed by atoms with E-state index < -0.39 is 0 Å². The van der Waals surface area contributed by atoms with Crippen LogP contribution in [-0.2, 0) is 5.88 Å². The van der Waals surface area contributed by atoms with Crippen molar-refractivity contribution in [2.45, 2.75) is 18.7 Å². The van der Waals surface area contributed by atoms with E-state index in [1.54, 1.807) is 6.07 Å². The van der Waals surface area contributed by atoms with E-state index in [0.717, 1.165) is 25.3 Å². The van der Waals surface area contributed by atoms with Crippen LogP contribution in [0.5, 0.6) is 0 Å². The number of likely N-dealkylation sites (tertiary alicyclic amines) is 1. The Morgan fingerprint density at radius 1 is 1.43 bits per heavy atom. The van der Waals surface area contributed by atoms with Gasteiger partial charge in [0.15, 0.2) is 0 Å². The van der Waals surface area contributed by atoms with Gasteiger partial charge in [-0.2, -0.15) is 0 Å². The van der Waals surface area contributed by atoms with Gasteiger partial charge in [0.05, 0.1) is 10.8 Å². The fraction of sp³-hybridized carbons (Fsp3) is 0.600. The van der Waals surface area contributed by atoms with Crippen LogP contribution in [0.2, 0.25) is 0 Å². The molecule has 1 aromatic rings. The fourth-order valence-electron chi connectivity index (χ4n) is 2.83. The Bertz CT molecular complexity index is 502. The lowest BCUT2D eigenvalue weighted by Gasteiger charge is -2.32. The Hall–Kier alpha value is -1.33. The molecule has 0 bridgehead atoms. The molecule has 116 valence electrons. The lowest BCUT2D eigenvalue weighted by Crippen LogP contribution is -2.35. The van der Waals surface area contributed by atoms with Crippen molar-refractivity contribution in [3.8, 4) is 0 Å². The average molecular weight is 312 g/mol. The number of benzene rings is 1. The Labute approximate surface area is 130 Å². The molecule has 1 aliphatic rings. The molecular weight excluding hydrogens is 290 g/mol. The van der Waals surface area contributed by atoms with Gasteiger partial charge in [0.2, 0.25) is 0 Å². The number of halogens is 1. The standard InChI is InChI=1S/C15H22ClN3O2/c1-17-7-5-12(6-8-17)11-18(2)14-3-4-15(19(20)21)13(9-14)10-16/h3-4,9,12H,5-8,10-11H2,1-2H3. The number of nitro groups is 1. The monoisotopic (exact) mass is 311 g/mol. The highest BCUT2D eigenvalue weighted by Crippen LogP contribution is 2.27. The van der Waals surface area contributed by atoms with Crippen molar-refractivity contribution in [1.29, 1.82) is 0 Å². The van der Waals surface area contributed by atoms with Crippen molar-refractivity contribution in [2.75, 3.05) is 38.6 Å². The normalized spacial score (nSPS) is 16.9. The second-order valence-corrected chi connectivity index (χ2v) is 6.10. The highest BCUT2D eigenvalue weighted by molar-refractivity contribution is 6.17. The molecule has 1 fully saturated rings. The van der Waals surface area contributed by atoms with Crippen molar-refractivity contribution < 1.29 is 4.92 Å². The summed E-state index contributed by atoms with van der Waals surface area (Å²) in [5.74, 6) is 0.840. The summed E-state index contributed by atoms with van der Waals surface area (Å²) in [6.07, 6.45) is 2.41. The predicted octanol–water partition coefficient (Wildman–Crippen LogP) is 3.11. The zero-order valence-corrected chi connectivity index (χ0v) is 13.3. The zero-order valence-electron chi connectivity index (χ0n) is 12.6. The van der Waals surface area contributed by atoms with Gasteiger partial charge in [-0.25, -0.2) is 0 Å². The van der Waals surface area contributed by atoms with Crippen LogP contribution >= 0.6 is 11.6 Å². The van der Waals surface area contributed by atoms with Crippen LogP contribution in [0, 0.1) is 16.0 Å². The number of hydrogen-bond acceptors (Lipinski definition) is 4. The minimum Gasteiger partial charge on any atom is -0.374 e. The summed E-state index contributed by atoms with van der Waals surface area (Å²) in [7, 11) is 4.19. The smallest absolute Gasteiger partial charge is 0.273 e. The maximum absolute atomic E-state index is 10.9. The predicted molar refractivity (Wildman–Crippen MR) is 86.1 cm³/mol. The van der Waals surface area contributed by atoms with Gasteiger partial charge in [-0.1, -0.05) is 0 Å². The van der Waals surface area contributed by atoms with E-state index in [1.807, 2.05) is 19.2 Å². The first-order chi connectivity index (χ1) is 10.0. The third-order valence-electron chi connectivity index (χ3n) is 4.21. The first-order valence-electron chi connectivity index (χ1n) is 7.24. The molecule has 1 saturated heterocycles. The first-order valence-corrected chi connectivity index (χ1v) is 7.77. The summed E-state index contributed by atoms with van der Waals surface area (Å²) in [5, 5.41) is 10.9. The SMILES string of the molecule is CN1CCC(CN(C)c2ccc([N+](=O)[O-])c(CCl)c2)CC1. The van der Waals surface area contributed by atoms with Crippen molar-refractivity contribution >= 4 is 23.0 Å². The number of piperidine rings is 1. The number of hydrogen-bond donors (Lipinski definition) is 0. The summed E-state index contributed by atoms with van der Waals surface area (Å²) in [6.45, 7) is 3.27. The quantitative estimate of drug-likeness (QED) is 0.476. The van der Waals surface area contributed by atoms with Crippen LogP contribution in [0.25, 0.3) is 0 Å². The molecule has 1 aromatic carbocycles. The topological polar surface area (TPSA) is 49.6 Å². The summed E-state index contributed by atoms with van der Waals surface area (Å²) >= 11 is 5.83. The molecule has 1 heterocycles. The van der Waals surface area contributed by atoms with Crippen LogP contribution in [0.4, 0.5) is 11.4 Å². The van der Waals surface area contributed by atoms with E-state index in [9.17, 15) is 10.1 Å². The number of nitro benzene ring substituents is 1. The Kier molecular flexibility index (Phi) is 5.42. The van der Waals surface area contributed by atoms with Gasteiger partial charge < -0.3 is 9.80 Å². The molecule has 0 saturated carbocycles. The van der Waals surface area contributed by atoms with Gasteiger partial charge in [0.25, 0.3) is 5.69 Å². The Morgan fingerprint density at radius 3 is 2.67 bits per heavy atom. The first kappa shape index (κ1) is 16.0. The van der Waals surface area contributed by atoms with Crippen molar-refractivity contribution in [3.63, 3.8) is 0 Å². The van der Waals surface area contributed by atoms with Gasteiger partial charge in [-0.05, 0) is 51.0 Å². The molecule has 0 amide bonds. The highest BCUT2D eigenvalue weighted by atomic mass is 35.5. The summed E-state index contributed by atoms with van der Waals surface area (Å²) in [4.78, 5) is 15.1. The highest BCUT2D eigenvalue weighted by Gasteiger charge is 2.20. The van der Waals surface area contributed by atoms with E-state index in [1.165, 1.54) is 12.8 Å². The van der Waals surface area contributed by atoms with Gasteiger partial charge in [-0.3, -0.25) is 10.1 Å². The average Bonchev–Trinajstić information content (AvgIpc) is 2.48. The molecule has 2 rings (SSSR count). The molecule has 0 radical (unpaired) electrons. The van der Waals surface area contributed by atoms with Crippen LogP contribution in [0.15, 0.2) is 18.2 Å². The van der Waals surface area contributed by atoms with Gasteiger partial charge >= 0.3 is 0 Å². The van der Waals surface area contributed by atoms with Crippen LogP contribution in [-0.4, -0.2) is 43.6 Å². The van der Waals surface area contributed by atoms with E-state index in [-0.39, 0.29) is 16.5 Å². The zero-order chi connectivity index (χ0) is 15.4. The lowest BCUT2D eigenvalue weighted by atomic mass is 9.96. The molecule has 21 heavy (non-hydrogen) atoms. The lowest BCUT2D eigenvalue weighted by molar-refractivity contribution is -0.385. The molecule has 0 N–H and O–H groups in total. The largest absolute Gasteiger partial charge is 0.374 e. The van der Waals surface area contributed by atoms with E-state index in [2.05, 4.69) is 16.8 Å². The van der Waals surface area contributed by atoms with E-state index in [4.69, 9.17) is 11.6 Å². The van der Waals surface area contributed by atoms with Crippen LogP contribution in [0.1, 0.15) is 18.4 Å². The molecule has 0 aromatic heterocycles. The van der Waals surface area contributed by atoms with Crippen molar-refractivity contribution in [2.24, 2.45) is 5.92 Å². The molecule has 0 unspecified atom stereocenters. The van der Waals surface area contributed by atoms with Gasteiger partial charge in [-0.15, -0.1) is 11.6 Å². The third-order valence-corrected chi connectivity index (χ3v) is 4.50. The van der Waals surface area contributed by atoms with Crippen molar-refractivity contribution in [3.05, 3.63) is 33.9 Å².